The van der Waals surface area contributed by atoms with Crippen molar-refractivity contribution in [2.24, 2.45) is 0 Å². The lowest BCUT2D eigenvalue weighted by atomic mass is 10.2. The van der Waals surface area contributed by atoms with Crippen LogP contribution in [0.4, 0.5) is 0 Å². The maximum absolute atomic E-state index is 5.78. The summed E-state index contributed by atoms with van der Waals surface area (Å²) >= 11 is 11.3. The number of ether oxygens (including phenoxy) is 1. The molecule has 0 spiro atoms. The van der Waals surface area contributed by atoms with Crippen LogP contribution in [0.3, 0.4) is 0 Å². The molecule has 0 aliphatic carbocycles. The third-order valence-corrected chi connectivity index (χ3v) is 1.87. The van der Waals surface area contributed by atoms with Crippen LogP contribution in [-0.2, 0) is 0 Å². The van der Waals surface area contributed by atoms with Gasteiger partial charge in [-0.15, -0.1) is 11.6 Å². The number of halogens is 2. The molecule has 0 aliphatic rings. The fraction of sp³-hybridized carbons (Fsp3) is 0.333. The molecule has 3 heteroatoms. The van der Waals surface area contributed by atoms with E-state index in [4.69, 9.17) is 27.9 Å². The Morgan fingerprint density at radius 2 is 2.17 bits per heavy atom. The first-order valence-electron chi connectivity index (χ1n) is 3.69. The zero-order valence-electron chi connectivity index (χ0n) is 6.81. The van der Waals surface area contributed by atoms with Crippen molar-refractivity contribution in [3.8, 4) is 5.75 Å². The highest BCUT2D eigenvalue weighted by Gasteiger charge is 1.99. The van der Waals surface area contributed by atoms with Crippen LogP contribution in [0.2, 0.25) is 5.02 Å². The summed E-state index contributed by atoms with van der Waals surface area (Å²) in [6.45, 7) is 2.49. The molecule has 0 heterocycles. The average Bonchev–Trinajstić information content (AvgIpc) is 2.07. The van der Waals surface area contributed by atoms with E-state index in [9.17, 15) is 0 Å². The Labute approximate surface area is 82.2 Å². The summed E-state index contributed by atoms with van der Waals surface area (Å²) in [6.07, 6.45) is 0. The van der Waals surface area contributed by atoms with Gasteiger partial charge in [0.1, 0.15) is 12.4 Å². The van der Waals surface area contributed by atoms with E-state index in [1.807, 2.05) is 19.1 Å². The predicted octanol–water partition coefficient (Wildman–Crippen LogP) is 3.27. The van der Waals surface area contributed by atoms with E-state index in [0.29, 0.717) is 17.5 Å². The van der Waals surface area contributed by atoms with Gasteiger partial charge in [-0.3, -0.25) is 0 Å². The molecule has 0 radical (unpaired) electrons. The Bertz CT molecular complexity index is 261. The zero-order valence-corrected chi connectivity index (χ0v) is 8.32. The van der Waals surface area contributed by atoms with Crippen molar-refractivity contribution in [2.45, 2.75) is 6.92 Å². The SMILES string of the molecule is Cc1ccc(Cl)cc1OCCCl. The molecule has 0 saturated carbocycles. The van der Waals surface area contributed by atoms with Gasteiger partial charge in [0.05, 0.1) is 5.88 Å². The highest BCUT2D eigenvalue weighted by atomic mass is 35.5. The van der Waals surface area contributed by atoms with Gasteiger partial charge in [-0.05, 0) is 24.6 Å². The van der Waals surface area contributed by atoms with Crippen molar-refractivity contribution < 1.29 is 4.74 Å². The summed E-state index contributed by atoms with van der Waals surface area (Å²) in [5.74, 6) is 1.30. The molecule has 0 bridgehead atoms. The smallest absolute Gasteiger partial charge is 0.123 e. The first kappa shape index (κ1) is 9.69. The standard InChI is InChI=1S/C9H10Cl2O/c1-7-2-3-8(11)6-9(7)12-5-4-10/h2-3,6H,4-5H2,1H3. The fourth-order valence-electron chi connectivity index (χ4n) is 0.878. The second-order valence-corrected chi connectivity index (χ2v) is 3.26. The van der Waals surface area contributed by atoms with Crippen molar-refractivity contribution >= 4 is 23.2 Å². The topological polar surface area (TPSA) is 9.23 Å². The maximum atomic E-state index is 5.78. The van der Waals surface area contributed by atoms with Crippen molar-refractivity contribution in [1.29, 1.82) is 0 Å². The van der Waals surface area contributed by atoms with E-state index in [1.165, 1.54) is 0 Å². The highest BCUT2D eigenvalue weighted by molar-refractivity contribution is 6.30. The lowest BCUT2D eigenvalue weighted by Gasteiger charge is -2.07. The molecule has 1 aromatic carbocycles. The summed E-state index contributed by atoms with van der Waals surface area (Å²) < 4.78 is 5.35. The molecule has 0 amide bonds. The van der Waals surface area contributed by atoms with Crippen LogP contribution >= 0.6 is 23.2 Å². The molecule has 1 aromatic rings. The van der Waals surface area contributed by atoms with Gasteiger partial charge in [-0.1, -0.05) is 17.7 Å². The molecular weight excluding hydrogens is 195 g/mol. The van der Waals surface area contributed by atoms with E-state index in [2.05, 4.69) is 0 Å². The van der Waals surface area contributed by atoms with Crippen LogP contribution in [-0.4, -0.2) is 12.5 Å². The van der Waals surface area contributed by atoms with Crippen LogP contribution in [0.25, 0.3) is 0 Å². The number of aryl methyl sites for hydroxylation is 1. The minimum Gasteiger partial charge on any atom is -0.492 e. The lowest BCUT2D eigenvalue weighted by molar-refractivity contribution is 0.340. The number of hydrogen-bond acceptors (Lipinski definition) is 1. The quantitative estimate of drug-likeness (QED) is 0.688. The largest absolute Gasteiger partial charge is 0.492 e. The molecule has 0 unspecified atom stereocenters. The second kappa shape index (κ2) is 4.58. The zero-order chi connectivity index (χ0) is 8.97. The molecule has 66 valence electrons. The van der Waals surface area contributed by atoms with E-state index in [-0.39, 0.29) is 0 Å². The predicted molar refractivity (Wildman–Crippen MR) is 52.4 cm³/mol. The van der Waals surface area contributed by atoms with Crippen molar-refractivity contribution in [1.82, 2.24) is 0 Å². The van der Waals surface area contributed by atoms with Crippen LogP contribution in [0, 0.1) is 6.92 Å². The summed E-state index contributed by atoms with van der Waals surface area (Å²) in [7, 11) is 0. The first-order valence-corrected chi connectivity index (χ1v) is 4.60. The van der Waals surface area contributed by atoms with E-state index >= 15 is 0 Å². The van der Waals surface area contributed by atoms with E-state index in [1.54, 1.807) is 6.07 Å². The summed E-state index contributed by atoms with van der Waals surface area (Å²) in [6, 6.07) is 5.56. The van der Waals surface area contributed by atoms with Gasteiger partial charge in [0.2, 0.25) is 0 Å². The summed E-state index contributed by atoms with van der Waals surface area (Å²) in [5.41, 5.74) is 1.07. The highest BCUT2D eigenvalue weighted by Crippen LogP contribution is 2.22. The average molecular weight is 205 g/mol. The monoisotopic (exact) mass is 204 g/mol. The van der Waals surface area contributed by atoms with E-state index in [0.717, 1.165) is 11.3 Å². The molecule has 12 heavy (non-hydrogen) atoms. The summed E-state index contributed by atoms with van der Waals surface area (Å²) in [5, 5.41) is 0.685. The van der Waals surface area contributed by atoms with Crippen LogP contribution in [0.5, 0.6) is 5.75 Å². The number of hydrogen-bond donors (Lipinski definition) is 0. The first-order chi connectivity index (χ1) is 5.74. The molecule has 0 fully saturated rings. The molecule has 0 atom stereocenters. The molecule has 0 aliphatic heterocycles. The van der Waals surface area contributed by atoms with Gasteiger partial charge < -0.3 is 4.74 Å². The Balaban J connectivity index is 2.75. The summed E-state index contributed by atoms with van der Waals surface area (Å²) in [4.78, 5) is 0. The Kier molecular flexibility index (Phi) is 3.70. The van der Waals surface area contributed by atoms with Gasteiger partial charge in [0.15, 0.2) is 0 Å². The Hall–Kier alpha value is -0.400. The molecular formula is C9H10Cl2O. The molecule has 1 rings (SSSR count). The van der Waals surface area contributed by atoms with Gasteiger partial charge in [-0.2, -0.15) is 0 Å². The number of benzene rings is 1. The van der Waals surface area contributed by atoms with Crippen LogP contribution < -0.4 is 4.74 Å². The molecule has 0 saturated heterocycles. The fourth-order valence-corrected chi connectivity index (χ4v) is 1.12. The third kappa shape index (κ3) is 2.58. The van der Waals surface area contributed by atoms with E-state index < -0.39 is 0 Å². The van der Waals surface area contributed by atoms with Crippen molar-refractivity contribution in [2.75, 3.05) is 12.5 Å². The maximum Gasteiger partial charge on any atom is 0.123 e. The van der Waals surface area contributed by atoms with Crippen LogP contribution in [0.1, 0.15) is 5.56 Å². The number of rotatable bonds is 3. The minimum atomic E-state index is 0.492. The molecule has 0 N–H and O–H groups in total. The van der Waals surface area contributed by atoms with Gasteiger partial charge >= 0.3 is 0 Å². The Morgan fingerprint density at radius 3 is 2.83 bits per heavy atom. The second-order valence-electron chi connectivity index (χ2n) is 2.45. The van der Waals surface area contributed by atoms with Gasteiger partial charge in [0.25, 0.3) is 0 Å². The third-order valence-electron chi connectivity index (χ3n) is 1.48. The van der Waals surface area contributed by atoms with Crippen molar-refractivity contribution in [3.05, 3.63) is 28.8 Å². The van der Waals surface area contributed by atoms with Gasteiger partial charge in [-0.25, -0.2) is 0 Å². The molecule has 1 nitrogen and oxygen atoms in total. The molecule has 0 aromatic heterocycles. The minimum absolute atomic E-state index is 0.492. The van der Waals surface area contributed by atoms with Crippen molar-refractivity contribution in [3.63, 3.8) is 0 Å². The van der Waals surface area contributed by atoms with Crippen LogP contribution in [0.15, 0.2) is 18.2 Å². The van der Waals surface area contributed by atoms with Gasteiger partial charge in [0, 0.05) is 5.02 Å². The lowest BCUT2D eigenvalue weighted by Crippen LogP contribution is -1.99. The Morgan fingerprint density at radius 1 is 1.42 bits per heavy atom. The normalized spacial score (nSPS) is 9.92. The number of alkyl halides is 1.